The summed E-state index contributed by atoms with van der Waals surface area (Å²) in [6.45, 7) is 5.06. The van der Waals surface area contributed by atoms with Crippen molar-refractivity contribution in [3.8, 4) is 0 Å². The van der Waals surface area contributed by atoms with Crippen LogP contribution in [-0.4, -0.2) is 39.0 Å². The Morgan fingerprint density at radius 2 is 2.26 bits per heavy atom. The fourth-order valence-corrected chi connectivity index (χ4v) is 3.74. The minimum Gasteiger partial charge on any atom is -0.367 e. The lowest BCUT2D eigenvalue weighted by Crippen LogP contribution is -2.41. The van der Waals surface area contributed by atoms with E-state index in [1.54, 1.807) is 12.5 Å². The van der Waals surface area contributed by atoms with Crippen molar-refractivity contribution < 1.29 is 4.74 Å². The average molecular weight is 310 g/mol. The lowest BCUT2D eigenvalue weighted by molar-refractivity contribution is -0.0109. The molecule has 5 nitrogen and oxygen atoms in total. The van der Waals surface area contributed by atoms with Gasteiger partial charge in [0.25, 0.3) is 0 Å². The van der Waals surface area contributed by atoms with Crippen LogP contribution in [0.15, 0.2) is 36.8 Å². The smallest absolute Gasteiger partial charge is 0.115 e. The summed E-state index contributed by atoms with van der Waals surface area (Å²) in [5, 5.41) is 0. The van der Waals surface area contributed by atoms with Gasteiger partial charge in [0.2, 0.25) is 0 Å². The minimum absolute atomic E-state index is 0.130. The van der Waals surface area contributed by atoms with E-state index in [0.717, 1.165) is 43.1 Å². The summed E-state index contributed by atoms with van der Waals surface area (Å²) in [4.78, 5) is 15.4. The van der Waals surface area contributed by atoms with Crippen LogP contribution >= 0.6 is 0 Å². The molecule has 0 aromatic carbocycles. The molecule has 0 N–H and O–H groups in total. The van der Waals surface area contributed by atoms with Crippen molar-refractivity contribution in [1.29, 1.82) is 0 Å². The monoisotopic (exact) mass is 310 g/mol. The van der Waals surface area contributed by atoms with E-state index in [4.69, 9.17) is 4.74 Å². The van der Waals surface area contributed by atoms with Gasteiger partial charge in [0.05, 0.1) is 17.5 Å². The molecule has 0 amide bonds. The Morgan fingerprint density at radius 3 is 3.09 bits per heavy atom. The molecule has 5 heteroatoms. The molecule has 2 aliphatic heterocycles. The molecule has 120 valence electrons. The number of aromatic nitrogens is 3. The highest BCUT2D eigenvalue weighted by atomic mass is 16.5. The Labute approximate surface area is 136 Å². The molecule has 0 radical (unpaired) electrons. The Balaban J connectivity index is 1.40. The van der Waals surface area contributed by atoms with E-state index in [2.05, 4.69) is 32.0 Å². The van der Waals surface area contributed by atoms with Crippen molar-refractivity contribution >= 4 is 0 Å². The van der Waals surface area contributed by atoms with Crippen molar-refractivity contribution in [2.75, 3.05) is 13.1 Å². The highest BCUT2D eigenvalue weighted by Gasteiger charge is 2.40. The summed E-state index contributed by atoms with van der Waals surface area (Å²) in [6.07, 6.45) is 6.12. The summed E-state index contributed by atoms with van der Waals surface area (Å²) >= 11 is 0. The Hall–Kier alpha value is -1.85. The minimum atomic E-state index is 0.130. The number of hydrogen-bond donors (Lipinski definition) is 0. The van der Waals surface area contributed by atoms with Gasteiger partial charge in [-0.2, -0.15) is 0 Å². The topological polar surface area (TPSA) is 51.1 Å². The number of likely N-dealkylation sites (tertiary alicyclic amines) is 1. The van der Waals surface area contributed by atoms with Gasteiger partial charge in [-0.05, 0) is 50.4 Å². The molecule has 0 bridgehead atoms. The van der Waals surface area contributed by atoms with Crippen LogP contribution in [-0.2, 0) is 11.3 Å². The van der Waals surface area contributed by atoms with Crippen molar-refractivity contribution in [3.05, 3.63) is 53.9 Å². The first-order valence-electron chi connectivity index (χ1n) is 8.34. The molecule has 2 saturated heterocycles. The fourth-order valence-electron chi connectivity index (χ4n) is 3.74. The van der Waals surface area contributed by atoms with Gasteiger partial charge in [-0.25, -0.2) is 9.97 Å². The van der Waals surface area contributed by atoms with Crippen LogP contribution in [0.4, 0.5) is 0 Å². The number of fused-ring (bicyclic) bond motifs is 1. The van der Waals surface area contributed by atoms with E-state index in [1.165, 1.54) is 6.42 Å². The summed E-state index contributed by atoms with van der Waals surface area (Å²) < 4.78 is 6.29. The molecular formula is C18H22N4O. The number of hydrogen-bond acceptors (Lipinski definition) is 5. The third kappa shape index (κ3) is 3.26. The number of rotatable bonds is 3. The molecule has 23 heavy (non-hydrogen) atoms. The molecule has 2 aliphatic rings. The van der Waals surface area contributed by atoms with Gasteiger partial charge in [-0.15, -0.1) is 0 Å². The number of ether oxygens (including phenoxy) is 1. The predicted octanol–water partition coefficient (Wildman–Crippen LogP) is 2.53. The van der Waals surface area contributed by atoms with E-state index >= 15 is 0 Å². The Morgan fingerprint density at radius 1 is 1.30 bits per heavy atom. The maximum absolute atomic E-state index is 6.29. The molecule has 2 aromatic rings. The summed E-state index contributed by atoms with van der Waals surface area (Å²) in [7, 11) is 0. The van der Waals surface area contributed by atoms with Crippen LogP contribution in [0.5, 0.6) is 0 Å². The Kier molecular flexibility index (Phi) is 4.06. The zero-order valence-corrected chi connectivity index (χ0v) is 13.4. The van der Waals surface area contributed by atoms with Crippen LogP contribution in [0.1, 0.15) is 36.0 Å². The van der Waals surface area contributed by atoms with Gasteiger partial charge >= 0.3 is 0 Å². The molecule has 2 fully saturated rings. The number of aryl methyl sites for hydroxylation is 1. The second-order valence-corrected chi connectivity index (χ2v) is 6.59. The van der Waals surface area contributed by atoms with Gasteiger partial charge in [0, 0.05) is 25.0 Å². The Bertz CT molecular complexity index is 663. The molecule has 4 heterocycles. The van der Waals surface area contributed by atoms with Gasteiger partial charge < -0.3 is 4.74 Å². The van der Waals surface area contributed by atoms with Gasteiger partial charge in [-0.3, -0.25) is 9.88 Å². The van der Waals surface area contributed by atoms with E-state index in [1.807, 2.05) is 19.1 Å². The fraction of sp³-hybridized carbons (Fsp3) is 0.500. The largest absolute Gasteiger partial charge is 0.367 e. The first-order valence-corrected chi connectivity index (χ1v) is 8.34. The van der Waals surface area contributed by atoms with Crippen molar-refractivity contribution in [2.45, 2.75) is 38.5 Å². The third-order valence-electron chi connectivity index (χ3n) is 4.90. The maximum Gasteiger partial charge on any atom is 0.115 e. The lowest BCUT2D eigenvalue weighted by Gasteiger charge is -2.33. The number of nitrogens with zero attached hydrogens (tertiary/aromatic N) is 4. The highest BCUT2D eigenvalue weighted by Crippen LogP contribution is 2.40. The summed E-state index contributed by atoms with van der Waals surface area (Å²) in [5.74, 6) is 0.650. The van der Waals surface area contributed by atoms with Crippen LogP contribution in [0, 0.1) is 12.8 Å². The summed E-state index contributed by atoms with van der Waals surface area (Å²) in [6, 6.07) is 8.21. The van der Waals surface area contributed by atoms with E-state index in [-0.39, 0.29) is 6.10 Å². The van der Waals surface area contributed by atoms with E-state index in [0.29, 0.717) is 12.0 Å². The second-order valence-electron chi connectivity index (χ2n) is 6.59. The first-order chi connectivity index (χ1) is 11.3. The first kappa shape index (κ1) is 14.7. The van der Waals surface area contributed by atoms with Crippen LogP contribution < -0.4 is 0 Å². The quantitative estimate of drug-likeness (QED) is 0.872. The van der Waals surface area contributed by atoms with Crippen molar-refractivity contribution in [3.63, 3.8) is 0 Å². The van der Waals surface area contributed by atoms with Crippen molar-refractivity contribution in [1.82, 2.24) is 19.9 Å². The SMILES string of the molecule is Cc1cccc(CN2CC[C@H]3C[C@@H](c4ccncn4)O[C@@H]3C2)n1. The average Bonchev–Trinajstić information content (AvgIpc) is 2.99. The van der Waals surface area contributed by atoms with Gasteiger partial charge in [-0.1, -0.05) is 6.07 Å². The van der Waals surface area contributed by atoms with E-state index in [9.17, 15) is 0 Å². The lowest BCUT2D eigenvalue weighted by atomic mass is 9.91. The highest BCUT2D eigenvalue weighted by molar-refractivity contribution is 5.10. The number of pyridine rings is 1. The molecule has 0 saturated carbocycles. The van der Waals surface area contributed by atoms with Crippen LogP contribution in [0.25, 0.3) is 0 Å². The number of piperidine rings is 1. The molecule has 3 atom stereocenters. The van der Waals surface area contributed by atoms with Crippen LogP contribution in [0.2, 0.25) is 0 Å². The van der Waals surface area contributed by atoms with Crippen molar-refractivity contribution in [2.24, 2.45) is 5.92 Å². The molecule has 0 unspecified atom stereocenters. The predicted molar refractivity (Wildman–Crippen MR) is 86.6 cm³/mol. The zero-order valence-electron chi connectivity index (χ0n) is 13.4. The van der Waals surface area contributed by atoms with E-state index < -0.39 is 0 Å². The van der Waals surface area contributed by atoms with Gasteiger partial charge in [0.15, 0.2) is 0 Å². The summed E-state index contributed by atoms with van der Waals surface area (Å²) in [5.41, 5.74) is 3.24. The molecule has 2 aromatic heterocycles. The molecule has 0 aliphatic carbocycles. The standard InChI is InChI=1S/C18H22N4O/c1-13-3-2-4-15(21-13)10-22-8-6-14-9-17(23-18(14)11-22)16-5-7-19-12-20-16/h2-5,7,12,14,17-18H,6,8-11H2,1H3/t14-,17-,18+/m0/s1. The maximum atomic E-state index is 6.29. The molecule has 4 rings (SSSR count). The van der Waals surface area contributed by atoms with Crippen LogP contribution in [0.3, 0.4) is 0 Å². The zero-order chi connectivity index (χ0) is 15.6. The second kappa shape index (κ2) is 6.34. The molecular weight excluding hydrogens is 288 g/mol. The molecule has 0 spiro atoms. The van der Waals surface area contributed by atoms with Gasteiger partial charge in [0.1, 0.15) is 12.4 Å². The normalized spacial score (nSPS) is 27.8. The third-order valence-corrected chi connectivity index (χ3v) is 4.90.